The summed E-state index contributed by atoms with van der Waals surface area (Å²) in [5, 5.41) is 5.40. The predicted molar refractivity (Wildman–Crippen MR) is 103 cm³/mol. The largest absolute Gasteiger partial charge is 0.343 e. The number of rotatable bonds is 5. The molecule has 2 aromatic carbocycles. The summed E-state index contributed by atoms with van der Waals surface area (Å²) in [7, 11) is 0. The highest BCUT2D eigenvalue weighted by Crippen LogP contribution is 2.37. The third-order valence-electron chi connectivity index (χ3n) is 4.90. The number of amides is 3. The van der Waals surface area contributed by atoms with E-state index in [1.54, 1.807) is 24.3 Å². The molecule has 27 heavy (non-hydrogen) atoms. The Labute approximate surface area is 157 Å². The number of hydrogen-bond acceptors (Lipinski definition) is 3. The van der Waals surface area contributed by atoms with Crippen LogP contribution in [0.4, 0.5) is 11.4 Å². The Kier molecular flexibility index (Phi) is 4.62. The maximum Gasteiger partial charge on any atom is 0.251 e. The molecule has 0 bridgehead atoms. The minimum absolute atomic E-state index is 0.116. The van der Waals surface area contributed by atoms with Crippen LogP contribution in [-0.2, 0) is 16.0 Å². The molecule has 2 aromatic rings. The summed E-state index contributed by atoms with van der Waals surface area (Å²) in [6.07, 6.45) is 2.79. The molecule has 0 aromatic heterocycles. The quantitative estimate of drug-likeness (QED) is 0.856. The molecule has 0 saturated heterocycles. The Hall–Kier alpha value is -3.15. The van der Waals surface area contributed by atoms with E-state index in [2.05, 4.69) is 10.6 Å². The van der Waals surface area contributed by atoms with E-state index in [0.29, 0.717) is 17.8 Å². The fourth-order valence-corrected chi connectivity index (χ4v) is 3.29. The molecule has 0 unspecified atom stereocenters. The predicted octanol–water partition coefficient (Wildman–Crippen LogP) is 2.35. The van der Waals surface area contributed by atoms with Crippen molar-refractivity contribution in [3.63, 3.8) is 0 Å². The van der Waals surface area contributed by atoms with Gasteiger partial charge in [-0.2, -0.15) is 0 Å². The van der Waals surface area contributed by atoms with Crippen LogP contribution in [0.15, 0.2) is 48.5 Å². The number of nitrogens with one attached hydrogen (secondary N) is 2. The van der Waals surface area contributed by atoms with Gasteiger partial charge >= 0.3 is 0 Å². The second-order valence-electron chi connectivity index (χ2n) is 6.95. The molecule has 1 aliphatic heterocycles. The molecule has 1 saturated carbocycles. The van der Waals surface area contributed by atoms with E-state index in [9.17, 15) is 14.4 Å². The molecule has 6 heteroatoms. The van der Waals surface area contributed by atoms with E-state index in [0.717, 1.165) is 30.5 Å². The summed E-state index contributed by atoms with van der Waals surface area (Å²) in [6.45, 7) is 0.588. The maximum atomic E-state index is 12.4. The minimum Gasteiger partial charge on any atom is -0.343 e. The number of carbonyl (C=O) groups is 3. The van der Waals surface area contributed by atoms with Crippen LogP contribution in [0.3, 0.4) is 0 Å². The van der Waals surface area contributed by atoms with E-state index >= 15 is 0 Å². The number of hydrogen-bond donors (Lipinski definition) is 2. The Balaban J connectivity index is 1.37. The normalized spacial score (nSPS) is 15.2. The summed E-state index contributed by atoms with van der Waals surface area (Å²) >= 11 is 0. The van der Waals surface area contributed by atoms with Crippen molar-refractivity contribution in [3.05, 3.63) is 59.7 Å². The van der Waals surface area contributed by atoms with Crippen molar-refractivity contribution < 1.29 is 14.4 Å². The molecular formula is C21H21N3O3. The molecule has 1 aliphatic carbocycles. The Morgan fingerprint density at radius 3 is 2.56 bits per heavy atom. The molecule has 1 fully saturated rings. The molecule has 0 spiro atoms. The Bertz CT molecular complexity index is 891. The maximum absolute atomic E-state index is 12.4. The van der Waals surface area contributed by atoms with Gasteiger partial charge in [0, 0.05) is 29.4 Å². The zero-order chi connectivity index (χ0) is 18.8. The number of benzene rings is 2. The topological polar surface area (TPSA) is 78.5 Å². The van der Waals surface area contributed by atoms with E-state index in [1.165, 1.54) is 0 Å². The van der Waals surface area contributed by atoms with Crippen LogP contribution >= 0.6 is 0 Å². The van der Waals surface area contributed by atoms with Crippen molar-refractivity contribution >= 4 is 29.1 Å². The Morgan fingerprint density at radius 2 is 1.81 bits per heavy atom. The molecule has 0 atom stereocenters. The molecule has 2 N–H and O–H groups in total. The fraction of sp³-hybridized carbons (Fsp3) is 0.286. The molecule has 138 valence electrons. The van der Waals surface area contributed by atoms with Crippen molar-refractivity contribution in [3.8, 4) is 0 Å². The monoisotopic (exact) mass is 363 g/mol. The smallest absolute Gasteiger partial charge is 0.251 e. The summed E-state index contributed by atoms with van der Waals surface area (Å²) in [5.74, 6) is -0.243. The van der Waals surface area contributed by atoms with Crippen molar-refractivity contribution in [2.75, 3.05) is 23.3 Å². The van der Waals surface area contributed by atoms with Crippen LogP contribution in [0, 0.1) is 5.92 Å². The molecule has 1 heterocycles. The first-order chi connectivity index (χ1) is 13.1. The first-order valence-corrected chi connectivity index (χ1v) is 9.19. The summed E-state index contributed by atoms with van der Waals surface area (Å²) < 4.78 is 0. The van der Waals surface area contributed by atoms with Gasteiger partial charge in [0.15, 0.2) is 0 Å². The lowest BCUT2D eigenvalue weighted by Crippen LogP contribution is -2.33. The standard InChI is InChI=1S/C21H21N3O3/c25-19(13-22-20(26)15-4-2-1-3-5-15)23-17-9-8-14-10-11-24(18(14)12-17)21(27)16-6-7-16/h1-5,8-9,12,16H,6-7,10-11,13H2,(H,22,26)(H,23,25). The van der Waals surface area contributed by atoms with Crippen molar-refractivity contribution in [1.29, 1.82) is 0 Å². The van der Waals surface area contributed by atoms with Crippen LogP contribution in [-0.4, -0.2) is 30.8 Å². The van der Waals surface area contributed by atoms with Crippen LogP contribution in [0.5, 0.6) is 0 Å². The van der Waals surface area contributed by atoms with Gasteiger partial charge < -0.3 is 15.5 Å². The molecule has 0 radical (unpaired) electrons. The average Bonchev–Trinajstić information content (AvgIpc) is 3.46. The first-order valence-electron chi connectivity index (χ1n) is 9.19. The lowest BCUT2D eigenvalue weighted by molar-refractivity contribution is -0.119. The van der Waals surface area contributed by atoms with Crippen LogP contribution in [0.2, 0.25) is 0 Å². The molecule has 6 nitrogen and oxygen atoms in total. The first kappa shape index (κ1) is 17.3. The minimum atomic E-state index is -0.308. The highest BCUT2D eigenvalue weighted by molar-refractivity contribution is 6.01. The summed E-state index contributed by atoms with van der Waals surface area (Å²) in [5.41, 5.74) is 3.15. The highest BCUT2D eigenvalue weighted by Gasteiger charge is 2.36. The number of anilines is 2. The summed E-state index contributed by atoms with van der Waals surface area (Å²) in [6, 6.07) is 14.4. The van der Waals surface area contributed by atoms with Gasteiger partial charge in [-0.1, -0.05) is 24.3 Å². The van der Waals surface area contributed by atoms with Gasteiger partial charge in [-0.25, -0.2) is 0 Å². The lowest BCUT2D eigenvalue weighted by Gasteiger charge is -2.18. The molecular weight excluding hydrogens is 342 g/mol. The van der Waals surface area contributed by atoms with Crippen molar-refractivity contribution in [2.24, 2.45) is 5.92 Å². The van der Waals surface area contributed by atoms with Crippen LogP contribution < -0.4 is 15.5 Å². The molecule has 4 rings (SSSR count). The second kappa shape index (κ2) is 7.23. The average molecular weight is 363 g/mol. The van der Waals surface area contributed by atoms with Gasteiger partial charge in [-0.3, -0.25) is 14.4 Å². The second-order valence-corrected chi connectivity index (χ2v) is 6.95. The van der Waals surface area contributed by atoms with Gasteiger partial charge in [0.25, 0.3) is 5.91 Å². The molecule has 2 aliphatic rings. The van der Waals surface area contributed by atoms with E-state index in [4.69, 9.17) is 0 Å². The van der Waals surface area contributed by atoms with Gasteiger partial charge in [-0.15, -0.1) is 0 Å². The van der Waals surface area contributed by atoms with Crippen LogP contribution in [0.1, 0.15) is 28.8 Å². The number of carbonyl (C=O) groups excluding carboxylic acids is 3. The molecule has 3 amide bonds. The highest BCUT2D eigenvalue weighted by atomic mass is 16.2. The summed E-state index contributed by atoms with van der Waals surface area (Å²) in [4.78, 5) is 38.4. The third kappa shape index (κ3) is 3.84. The third-order valence-corrected chi connectivity index (χ3v) is 4.90. The Morgan fingerprint density at radius 1 is 1.04 bits per heavy atom. The fourth-order valence-electron chi connectivity index (χ4n) is 3.29. The number of nitrogens with zero attached hydrogens (tertiary/aromatic N) is 1. The van der Waals surface area contributed by atoms with Crippen LogP contribution in [0.25, 0.3) is 0 Å². The van der Waals surface area contributed by atoms with Gasteiger partial charge in [0.2, 0.25) is 11.8 Å². The van der Waals surface area contributed by atoms with Crippen molar-refractivity contribution in [1.82, 2.24) is 5.32 Å². The number of fused-ring (bicyclic) bond motifs is 1. The van der Waals surface area contributed by atoms with E-state index in [1.807, 2.05) is 29.2 Å². The van der Waals surface area contributed by atoms with E-state index < -0.39 is 0 Å². The lowest BCUT2D eigenvalue weighted by atomic mass is 10.1. The van der Waals surface area contributed by atoms with Gasteiger partial charge in [0.05, 0.1) is 6.54 Å². The SMILES string of the molecule is O=C(CNC(=O)c1ccccc1)Nc1ccc2c(c1)N(C(=O)C1CC1)CC2. The van der Waals surface area contributed by atoms with Crippen molar-refractivity contribution in [2.45, 2.75) is 19.3 Å². The van der Waals surface area contributed by atoms with Gasteiger partial charge in [0.1, 0.15) is 0 Å². The zero-order valence-corrected chi connectivity index (χ0v) is 14.9. The van der Waals surface area contributed by atoms with E-state index in [-0.39, 0.29) is 30.2 Å². The van der Waals surface area contributed by atoms with Gasteiger partial charge in [-0.05, 0) is 49.1 Å². The zero-order valence-electron chi connectivity index (χ0n) is 14.9.